The van der Waals surface area contributed by atoms with Crippen LogP contribution in [0.2, 0.25) is 0 Å². The SMILES string of the molecule is C=CC1CC(=O)N(c2ccc(OC(F)(F)F)cc2C)C1. The Morgan fingerprint density at radius 2 is 2.15 bits per heavy atom. The highest BCUT2D eigenvalue weighted by Crippen LogP contribution is 2.32. The van der Waals surface area contributed by atoms with Crippen LogP contribution in [0.1, 0.15) is 12.0 Å². The summed E-state index contributed by atoms with van der Waals surface area (Å²) in [7, 11) is 0. The maximum atomic E-state index is 12.1. The molecule has 0 radical (unpaired) electrons. The molecule has 1 amide bonds. The highest BCUT2D eigenvalue weighted by Gasteiger charge is 2.32. The molecule has 0 spiro atoms. The van der Waals surface area contributed by atoms with E-state index in [4.69, 9.17) is 0 Å². The van der Waals surface area contributed by atoms with E-state index in [1.807, 2.05) is 0 Å². The molecule has 0 bridgehead atoms. The van der Waals surface area contributed by atoms with Gasteiger partial charge in [-0.05, 0) is 30.7 Å². The van der Waals surface area contributed by atoms with Crippen LogP contribution in [0.3, 0.4) is 0 Å². The van der Waals surface area contributed by atoms with Crippen molar-refractivity contribution in [2.75, 3.05) is 11.4 Å². The fourth-order valence-corrected chi connectivity index (χ4v) is 2.25. The van der Waals surface area contributed by atoms with E-state index in [0.29, 0.717) is 24.2 Å². The average Bonchev–Trinajstić information content (AvgIpc) is 2.69. The molecule has 1 aliphatic rings. The molecule has 0 saturated carbocycles. The maximum absolute atomic E-state index is 12.1. The number of anilines is 1. The smallest absolute Gasteiger partial charge is 0.406 e. The van der Waals surface area contributed by atoms with Gasteiger partial charge in [0.25, 0.3) is 0 Å². The van der Waals surface area contributed by atoms with Crippen molar-refractivity contribution in [3.63, 3.8) is 0 Å². The molecule has 0 N–H and O–H groups in total. The topological polar surface area (TPSA) is 29.5 Å². The van der Waals surface area contributed by atoms with Crippen LogP contribution in [0.4, 0.5) is 18.9 Å². The summed E-state index contributed by atoms with van der Waals surface area (Å²) < 4.78 is 40.3. The van der Waals surface area contributed by atoms with E-state index in [9.17, 15) is 18.0 Å². The molecule has 1 unspecified atom stereocenters. The molecule has 3 nitrogen and oxygen atoms in total. The molecule has 1 heterocycles. The first kappa shape index (κ1) is 14.4. The third kappa shape index (κ3) is 3.12. The molecular weight excluding hydrogens is 271 g/mol. The van der Waals surface area contributed by atoms with Crippen LogP contribution in [-0.2, 0) is 4.79 Å². The van der Waals surface area contributed by atoms with Crippen molar-refractivity contribution in [3.8, 4) is 5.75 Å². The molecule has 6 heteroatoms. The number of hydrogen-bond acceptors (Lipinski definition) is 2. The number of halogens is 3. The minimum atomic E-state index is -4.72. The molecule has 0 aromatic heterocycles. The van der Waals surface area contributed by atoms with Gasteiger partial charge in [0.15, 0.2) is 0 Å². The summed E-state index contributed by atoms with van der Waals surface area (Å²) >= 11 is 0. The van der Waals surface area contributed by atoms with Crippen LogP contribution in [0.15, 0.2) is 30.9 Å². The van der Waals surface area contributed by atoms with Crippen LogP contribution < -0.4 is 9.64 Å². The van der Waals surface area contributed by atoms with Gasteiger partial charge in [0.1, 0.15) is 5.75 Å². The largest absolute Gasteiger partial charge is 0.573 e. The number of benzene rings is 1. The Balaban J connectivity index is 2.22. The lowest BCUT2D eigenvalue weighted by Gasteiger charge is -2.19. The minimum absolute atomic E-state index is 0.0533. The summed E-state index contributed by atoms with van der Waals surface area (Å²) in [5, 5.41) is 0. The van der Waals surface area contributed by atoms with Gasteiger partial charge in [-0.2, -0.15) is 0 Å². The first-order valence-electron chi connectivity index (χ1n) is 6.09. The van der Waals surface area contributed by atoms with Crippen molar-refractivity contribution in [2.45, 2.75) is 19.7 Å². The lowest BCUT2D eigenvalue weighted by Crippen LogP contribution is -2.25. The Labute approximate surface area is 114 Å². The second-order valence-corrected chi connectivity index (χ2v) is 4.70. The van der Waals surface area contributed by atoms with Crippen molar-refractivity contribution in [1.82, 2.24) is 0 Å². The minimum Gasteiger partial charge on any atom is -0.406 e. The molecule has 1 aromatic carbocycles. The number of amides is 1. The van der Waals surface area contributed by atoms with Crippen molar-refractivity contribution < 1.29 is 22.7 Å². The predicted molar refractivity (Wildman–Crippen MR) is 68.5 cm³/mol. The zero-order valence-corrected chi connectivity index (χ0v) is 10.9. The van der Waals surface area contributed by atoms with E-state index in [1.165, 1.54) is 18.2 Å². The number of alkyl halides is 3. The van der Waals surface area contributed by atoms with Crippen molar-refractivity contribution >= 4 is 11.6 Å². The van der Waals surface area contributed by atoms with Gasteiger partial charge in [-0.1, -0.05) is 6.08 Å². The van der Waals surface area contributed by atoms with Gasteiger partial charge in [-0.3, -0.25) is 4.79 Å². The number of aryl methyl sites for hydroxylation is 1. The molecule has 1 aromatic rings. The number of hydrogen-bond donors (Lipinski definition) is 0. The molecule has 20 heavy (non-hydrogen) atoms. The average molecular weight is 285 g/mol. The predicted octanol–water partition coefficient (Wildman–Crippen LogP) is 3.43. The third-order valence-corrected chi connectivity index (χ3v) is 3.18. The van der Waals surface area contributed by atoms with Gasteiger partial charge in [0.05, 0.1) is 0 Å². The number of rotatable bonds is 3. The van der Waals surface area contributed by atoms with Crippen molar-refractivity contribution in [2.24, 2.45) is 5.92 Å². The van der Waals surface area contributed by atoms with E-state index < -0.39 is 6.36 Å². The molecule has 108 valence electrons. The summed E-state index contributed by atoms with van der Waals surface area (Å²) in [6.07, 6.45) is -2.62. The third-order valence-electron chi connectivity index (χ3n) is 3.18. The van der Waals surface area contributed by atoms with Crippen LogP contribution in [-0.4, -0.2) is 18.8 Å². The number of carbonyl (C=O) groups is 1. The molecule has 1 saturated heterocycles. The molecule has 2 rings (SSSR count). The van der Waals surface area contributed by atoms with E-state index in [2.05, 4.69) is 11.3 Å². The molecule has 1 atom stereocenters. The summed E-state index contributed by atoms with van der Waals surface area (Å²) in [6.45, 7) is 5.81. The molecule has 1 fully saturated rings. The van der Waals surface area contributed by atoms with E-state index in [1.54, 1.807) is 17.9 Å². The first-order chi connectivity index (χ1) is 9.30. The van der Waals surface area contributed by atoms with Crippen LogP contribution >= 0.6 is 0 Å². The Kier molecular flexibility index (Phi) is 3.74. The number of carbonyl (C=O) groups excluding carboxylic acids is 1. The van der Waals surface area contributed by atoms with Gasteiger partial charge < -0.3 is 9.64 Å². The molecule has 1 aliphatic heterocycles. The van der Waals surface area contributed by atoms with Crippen LogP contribution in [0, 0.1) is 12.8 Å². The summed E-state index contributed by atoms with van der Waals surface area (Å²) in [5.74, 6) is -0.263. The molecular formula is C14H14F3NO2. The number of nitrogens with zero attached hydrogens (tertiary/aromatic N) is 1. The fourth-order valence-electron chi connectivity index (χ4n) is 2.25. The van der Waals surface area contributed by atoms with Crippen LogP contribution in [0.5, 0.6) is 5.75 Å². The van der Waals surface area contributed by atoms with E-state index in [0.717, 1.165) is 0 Å². The zero-order valence-electron chi connectivity index (χ0n) is 10.9. The fraction of sp³-hybridized carbons (Fsp3) is 0.357. The number of ether oxygens (including phenoxy) is 1. The normalized spacial score (nSPS) is 19.3. The first-order valence-corrected chi connectivity index (χ1v) is 6.09. The Hall–Kier alpha value is -1.98. The van der Waals surface area contributed by atoms with Gasteiger partial charge in [0, 0.05) is 24.6 Å². The second-order valence-electron chi connectivity index (χ2n) is 4.70. The summed E-state index contributed by atoms with van der Waals surface area (Å²) in [4.78, 5) is 13.4. The van der Waals surface area contributed by atoms with Gasteiger partial charge in [-0.25, -0.2) is 0 Å². The lowest BCUT2D eigenvalue weighted by molar-refractivity contribution is -0.274. The zero-order chi connectivity index (χ0) is 14.9. The summed E-state index contributed by atoms with van der Waals surface area (Å²) in [5.41, 5.74) is 1.17. The Morgan fingerprint density at radius 1 is 1.45 bits per heavy atom. The highest BCUT2D eigenvalue weighted by molar-refractivity contribution is 5.96. The van der Waals surface area contributed by atoms with E-state index >= 15 is 0 Å². The van der Waals surface area contributed by atoms with Crippen LogP contribution in [0.25, 0.3) is 0 Å². The quantitative estimate of drug-likeness (QED) is 0.796. The monoisotopic (exact) mass is 285 g/mol. The highest BCUT2D eigenvalue weighted by atomic mass is 19.4. The van der Waals surface area contributed by atoms with E-state index in [-0.39, 0.29) is 17.6 Å². The standard InChI is InChI=1S/C14H14F3NO2/c1-3-10-7-13(19)18(8-10)12-5-4-11(6-9(12)2)20-14(15,16)17/h3-6,10H,1,7-8H2,2H3. The van der Waals surface area contributed by atoms with Crippen molar-refractivity contribution in [1.29, 1.82) is 0 Å². The maximum Gasteiger partial charge on any atom is 0.573 e. The lowest BCUT2D eigenvalue weighted by atomic mass is 10.1. The van der Waals surface area contributed by atoms with Gasteiger partial charge in [0.2, 0.25) is 5.91 Å². The van der Waals surface area contributed by atoms with Gasteiger partial charge in [-0.15, -0.1) is 19.8 Å². The summed E-state index contributed by atoms with van der Waals surface area (Å²) in [6, 6.07) is 3.96. The Morgan fingerprint density at radius 3 is 2.65 bits per heavy atom. The van der Waals surface area contributed by atoms with Crippen molar-refractivity contribution in [3.05, 3.63) is 36.4 Å². The van der Waals surface area contributed by atoms with Gasteiger partial charge >= 0.3 is 6.36 Å². The second kappa shape index (κ2) is 5.19. The Bertz CT molecular complexity index is 540. The molecule has 0 aliphatic carbocycles.